The lowest BCUT2D eigenvalue weighted by atomic mass is 9.98. The minimum atomic E-state index is -0.276. The highest BCUT2D eigenvalue weighted by atomic mass is 19.1. The van der Waals surface area contributed by atoms with Crippen molar-refractivity contribution >= 4 is 28.0 Å². The number of imidazole rings is 1. The Morgan fingerprint density at radius 3 is 2.54 bits per heavy atom. The number of hydrogen-bond donors (Lipinski definition) is 1. The minimum Gasteiger partial charge on any atom is -0.342 e. The third-order valence-corrected chi connectivity index (χ3v) is 7.08. The molecule has 0 bridgehead atoms. The molecular weight excluding hydrogens is 465 g/mol. The first-order valence-electron chi connectivity index (χ1n) is 12.9. The quantitative estimate of drug-likeness (QED) is 0.271. The summed E-state index contributed by atoms with van der Waals surface area (Å²) in [5.74, 6) is 0.854. The summed E-state index contributed by atoms with van der Waals surface area (Å²) in [7, 11) is 0. The van der Waals surface area contributed by atoms with E-state index in [9.17, 15) is 9.18 Å². The molecule has 7 heteroatoms. The molecule has 1 amide bonds. The number of aromatic amines is 1. The van der Waals surface area contributed by atoms with Crippen molar-refractivity contribution < 1.29 is 9.18 Å². The number of unbranched alkanes of at least 4 members (excludes halogenated alkanes) is 2. The van der Waals surface area contributed by atoms with E-state index in [-0.39, 0.29) is 17.6 Å². The van der Waals surface area contributed by atoms with E-state index in [1.165, 1.54) is 12.1 Å². The summed E-state index contributed by atoms with van der Waals surface area (Å²) in [6.07, 6.45) is 3.99. The summed E-state index contributed by atoms with van der Waals surface area (Å²) in [4.78, 5) is 33.0. The van der Waals surface area contributed by atoms with Gasteiger partial charge < -0.3 is 9.88 Å². The second-order valence-electron chi connectivity index (χ2n) is 9.73. The monoisotopic (exact) mass is 493 g/mol. The largest absolute Gasteiger partial charge is 0.342 e. The number of halogens is 1. The van der Waals surface area contributed by atoms with Gasteiger partial charge in [0.1, 0.15) is 11.6 Å². The van der Waals surface area contributed by atoms with E-state index in [0.717, 1.165) is 65.0 Å². The predicted octanol–water partition coefficient (Wildman–Crippen LogP) is 6.28. The summed E-state index contributed by atoms with van der Waals surface area (Å²) < 4.78 is 13.5. The van der Waals surface area contributed by atoms with Crippen molar-refractivity contribution in [3.05, 3.63) is 89.6 Å². The molecule has 1 saturated heterocycles. The first kappa shape index (κ1) is 23.3. The third kappa shape index (κ3) is 4.57. The molecule has 0 atom stereocenters. The standard InChI is InChI=1S/C30H28FN5O/c1-2-3-4-9-26-28(19-10-13-22(31)14-11-19)33-25-15-12-20(16-27(25)32-26)30(37)36-17-21(18-36)29-34-23-7-5-6-8-24(23)35-29/h5-8,10-16,21H,2-4,9,17-18H2,1H3,(H,34,35). The fraction of sp³-hybridized carbons (Fsp3) is 0.267. The number of benzene rings is 3. The van der Waals surface area contributed by atoms with Gasteiger partial charge in [-0.15, -0.1) is 0 Å². The van der Waals surface area contributed by atoms with Crippen LogP contribution in [0.1, 0.15) is 54.0 Å². The predicted molar refractivity (Wildman–Crippen MR) is 143 cm³/mol. The molecule has 186 valence electrons. The number of hydrogen-bond acceptors (Lipinski definition) is 4. The molecule has 0 radical (unpaired) electrons. The number of para-hydroxylation sites is 2. The topological polar surface area (TPSA) is 74.8 Å². The molecule has 1 aliphatic rings. The molecule has 3 aromatic carbocycles. The fourth-order valence-electron chi connectivity index (χ4n) is 4.95. The second-order valence-corrected chi connectivity index (χ2v) is 9.73. The van der Waals surface area contributed by atoms with Gasteiger partial charge in [-0.1, -0.05) is 31.9 Å². The number of amides is 1. The average molecular weight is 494 g/mol. The molecule has 6 nitrogen and oxygen atoms in total. The normalized spacial score (nSPS) is 13.8. The first-order chi connectivity index (χ1) is 18.1. The van der Waals surface area contributed by atoms with Gasteiger partial charge in [-0.3, -0.25) is 4.79 Å². The molecule has 0 saturated carbocycles. The van der Waals surface area contributed by atoms with E-state index in [4.69, 9.17) is 9.97 Å². The van der Waals surface area contributed by atoms with Gasteiger partial charge in [0.05, 0.1) is 39.4 Å². The summed E-state index contributed by atoms with van der Waals surface area (Å²) in [6, 6.07) is 19.9. The summed E-state index contributed by atoms with van der Waals surface area (Å²) in [5.41, 5.74) is 6.51. The molecule has 1 N–H and O–H groups in total. The van der Waals surface area contributed by atoms with Crippen LogP contribution in [0.15, 0.2) is 66.7 Å². The van der Waals surface area contributed by atoms with Gasteiger partial charge in [0.15, 0.2) is 0 Å². The highest BCUT2D eigenvalue weighted by molar-refractivity contribution is 5.98. The second kappa shape index (κ2) is 9.73. The smallest absolute Gasteiger partial charge is 0.253 e. The summed E-state index contributed by atoms with van der Waals surface area (Å²) >= 11 is 0. The van der Waals surface area contributed by atoms with Crippen LogP contribution in [0.2, 0.25) is 0 Å². The summed E-state index contributed by atoms with van der Waals surface area (Å²) in [6.45, 7) is 3.43. The van der Waals surface area contributed by atoms with Crippen molar-refractivity contribution in [2.24, 2.45) is 0 Å². The van der Waals surface area contributed by atoms with Crippen LogP contribution < -0.4 is 0 Å². The van der Waals surface area contributed by atoms with Crippen LogP contribution in [0.3, 0.4) is 0 Å². The Labute approximate surface area is 214 Å². The van der Waals surface area contributed by atoms with Gasteiger partial charge in [0.25, 0.3) is 5.91 Å². The molecule has 37 heavy (non-hydrogen) atoms. The molecule has 0 spiro atoms. The maximum atomic E-state index is 13.5. The lowest BCUT2D eigenvalue weighted by Crippen LogP contribution is -2.48. The Bertz CT molecular complexity index is 1550. The fourth-order valence-corrected chi connectivity index (χ4v) is 4.95. The first-order valence-corrected chi connectivity index (χ1v) is 12.9. The highest BCUT2D eigenvalue weighted by Gasteiger charge is 2.34. The number of likely N-dealkylation sites (tertiary alicyclic amines) is 1. The highest BCUT2D eigenvalue weighted by Crippen LogP contribution is 2.30. The van der Waals surface area contributed by atoms with Crippen LogP contribution in [0.4, 0.5) is 4.39 Å². The van der Waals surface area contributed by atoms with Gasteiger partial charge >= 0.3 is 0 Å². The molecule has 6 rings (SSSR count). The molecule has 1 aliphatic heterocycles. The van der Waals surface area contributed by atoms with Crippen LogP contribution in [-0.2, 0) is 6.42 Å². The van der Waals surface area contributed by atoms with Gasteiger partial charge in [-0.05, 0) is 67.4 Å². The molecule has 0 unspecified atom stereocenters. The van der Waals surface area contributed by atoms with Crippen LogP contribution in [0.25, 0.3) is 33.3 Å². The zero-order valence-corrected chi connectivity index (χ0v) is 20.7. The van der Waals surface area contributed by atoms with Crippen LogP contribution in [0, 0.1) is 5.82 Å². The van der Waals surface area contributed by atoms with Crippen molar-refractivity contribution in [1.29, 1.82) is 0 Å². The maximum Gasteiger partial charge on any atom is 0.253 e. The van der Waals surface area contributed by atoms with Crippen LogP contribution >= 0.6 is 0 Å². The number of carbonyl (C=O) groups excluding carboxylic acids is 1. The van der Waals surface area contributed by atoms with Crippen LogP contribution in [0.5, 0.6) is 0 Å². The molecule has 1 fully saturated rings. The minimum absolute atomic E-state index is 0.00814. The van der Waals surface area contributed by atoms with E-state index < -0.39 is 0 Å². The number of rotatable bonds is 7. The van der Waals surface area contributed by atoms with Gasteiger partial charge in [-0.25, -0.2) is 19.3 Å². The van der Waals surface area contributed by atoms with Crippen molar-refractivity contribution in [1.82, 2.24) is 24.8 Å². The van der Waals surface area contributed by atoms with E-state index in [1.54, 1.807) is 12.1 Å². The Kier molecular flexibility index (Phi) is 6.12. The number of nitrogens with one attached hydrogen (secondary N) is 1. The van der Waals surface area contributed by atoms with Crippen molar-refractivity contribution in [3.63, 3.8) is 0 Å². The number of nitrogens with zero attached hydrogens (tertiary/aromatic N) is 4. The molecular formula is C30H28FN5O. The number of aryl methyl sites for hydroxylation is 1. The van der Waals surface area contributed by atoms with E-state index in [2.05, 4.69) is 16.9 Å². The molecule has 3 heterocycles. The van der Waals surface area contributed by atoms with E-state index >= 15 is 0 Å². The maximum absolute atomic E-state index is 13.5. The van der Waals surface area contributed by atoms with Gasteiger partial charge in [0.2, 0.25) is 0 Å². The Balaban J connectivity index is 1.24. The third-order valence-electron chi connectivity index (χ3n) is 7.08. The Morgan fingerprint density at radius 2 is 1.76 bits per heavy atom. The van der Waals surface area contributed by atoms with Crippen molar-refractivity contribution in [3.8, 4) is 11.3 Å². The number of aromatic nitrogens is 4. The molecule has 0 aliphatic carbocycles. The SMILES string of the molecule is CCCCCc1nc2cc(C(=O)N3CC(c4nc5ccccc5[nH]4)C3)ccc2nc1-c1ccc(F)cc1. The van der Waals surface area contributed by atoms with Crippen LogP contribution in [-0.4, -0.2) is 43.8 Å². The lowest BCUT2D eigenvalue weighted by molar-refractivity contribution is 0.0596. The number of carbonyl (C=O) groups is 1. The Hall–Kier alpha value is -4.13. The van der Waals surface area contributed by atoms with E-state index in [1.807, 2.05) is 47.4 Å². The zero-order valence-electron chi connectivity index (χ0n) is 20.7. The van der Waals surface area contributed by atoms with Gasteiger partial charge in [-0.2, -0.15) is 0 Å². The average Bonchev–Trinajstić information content (AvgIpc) is 3.31. The lowest BCUT2D eigenvalue weighted by Gasteiger charge is -2.38. The Morgan fingerprint density at radius 1 is 0.946 bits per heavy atom. The number of fused-ring (bicyclic) bond motifs is 2. The van der Waals surface area contributed by atoms with E-state index in [0.29, 0.717) is 24.2 Å². The molecule has 5 aromatic rings. The van der Waals surface area contributed by atoms with Crippen molar-refractivity contribution in [2.45, 2.75) is 38.5 Å². The zero-order chi connectivity index (χ0) is 25.4. The van der Waals surface area contributed by atoms with Crippen molar-refractivity contribution in [2.75, 3.05) is 13.1 Å². The molecule has 2 aromatic heterocycles. The van der Waals surface area contributed by atoms with Gasteiger partial charge in [0, 0.05) is 24.2 Å². The number of H-pyrrole nitrogens is 1. The summed E-state index contributed by atoms with van der Waals surface area (Å²) in [5, 5.41) is 0.